The van der Waals surface area contributed by atoms with Gasteiger partial charge in [-0.15, -0.1) is 4.91 Å². The Morgan fingerprint density at radius 3 is 1.86 bits per heavy atom. The second-order valence-corrected chi connectivity index (χ2v) is 14.1. The van der Waals surface area contributed by atoms with Crippen LogP contribution in [0.5, 0.6) is 0 Å². The average Bonchev–Trinajstić information content (AvgIpc) is 3.32. The Balaban J connectivity index is 1.32. The molecule has 3 heterocycles. The van der Waals surface area contributed by atoms with Crippen molar-refractivity contribution in [3.05, 3.63) is 113 Å². The van der Waals surface area contributed by atoms with E-state index in [1.807, 2.05) is 60.7 Å². The fourth-order valence-electron chi connectivity index (χ4n) is 6.60. The summed E-state index contributed by atoms with van der Waals surface area (Å²) in [4.78, 5) is 56.5. The molecule has 0 saturated carbocycles. The monoisotopic (exact) mass is 600 g/mol. The lowest BCUT2D eigenvalue weighted by Crippen LogP contribution is -2.74. The SMILES string of the molecule is CC1(C)N(N=O)C(c2ccccc2)C(=O)N1[C@@H]1C(=O)N2[C@@H]1S(=O)C(C)(C)[C@@H]2C(=O)OC(c1ccccc1)c1ccccc1. The molecule has 3 saturated heterocycles. The lowest BCUT2D eigenvalue weighted by Gasteiger charge is -2.50. The van der Waals surface area contributed by atoms with Crippen LogP contribution in [0, 0.1) is 4.91 Å². The largest absolute Gasteiger partial charge is 0.451 e. The predicted octanol–water partition coefficient (Wildman–Crippen LogP) is 4.07. The third-order valence-corrected chi connectivity index (χ3v) is 10.9. The van der Waals surface area contributed by atoms with E-state index in [9.17, 15) is 23.5 Å². The summed E-state index contributed by atoms with van der Waals surface area (Å²) in [5.74, 6) is -1.71. The number of nitroso groups, excluding NO2 is 1. The highest BCUT2D eigenvalue weighted by atomic mass is 32.2. The minimum Gasteiger partial charge on any atom is -0.451 e. The normalized spacial score (nSPS) is 27.2. The Bertz CT molecular complexity index is 1560. The molecule has 2 amide bonds. The highest BCUT2D eigenvalue weighted by molar-refractivity contribution is 7.87. The van der Waals surface area contributed by atoms with Crippen LogP contribution < -0.4 is 0 Å². The fourth-order valence-corrected chi connectivity index (χ4v) is 8.55. The molecule has 43 heavy (non-hydrogen) atoms. The van der Waals surface area contributed by atoms with Crippen LogP contribution in [0.1, 0.15) is 56.5 Å². The zero-order valence-electron chi connectivity index (χ0n) is 24.2. The number of rotatable bonds is 7. The first-order chi connectivity index (χ1) is 20.5. The molecular formula is C32H32N4O6S. The van der Waals surface area contributed by atoms with Crippen LogP contribution in [0.4, 0.5) is 0 Å². The minimum absolute atomic E-state index is 0.497. The van der Waals surface area contributed by atoms with Crippen LogP contribution in [0.3, 0.4) is 0 Å². The van der Waals surface area contributed by atoms with Crippen molar-refractivity contribution in [3.8, 4) is 0 Å². The maximum absolute atomic E-state index is 14.0. The molecule has 3 fully saturated rings. The smallest absolute Gasteiger partial charge is 0.331 e. The van der Waals surface area contributed by atoms with Gasteiger partial charge in [0.25, 0.3) is 5.91 Å². The average molecular weight is 601 g/mol. The van der Waals surface area contributed by atoms with Gasteiger partial charge in [0.2, 0.25) is 5.91 Å². The summed E-state index contributed by atoms with van der Waals surface area (Å²) in [5.41, 5.74) is 0.751. The molecule has 3 aliphatic heterocycles. The zero-order chi connectivity index (χ0) is 30.7. The van der Waals surface area contributed by atoms with E-state index in [0.29, 0.717) is 5.56 Å². The van der Waals surface area contributed by atoms with E-state index >= 15 is 0 Å². The summed E-state index contributed by atoms with van der Waals surface area (Å²) in [5, 5.41) is 3.36. The molecule has 0 bridgehead atoms. The lowest BCUT2D eigenvalue weighted by atomic mass is 9.93. The van der Waals surface area contributed by atoms with E-state index < -0.39 is 68.6 Å². The number of ether oxygens (including phenoxy) is 1. The maximum Gasteiger partial charge on any atom is 0.331 e. The highest BCUT2D eigenvalue weighted by Gasteiger charge is 2.73. The van der Waals surface area contributed by atoms with Gasteiger partial charge in [0.05, 0.1) is 20.8 Å². The summed E-state index contributed by atoms with van der Waals surface area (Å²) >= 11 is 0. The lowest BCUT2D eigenvalue weighted by molar-refractivity contribution is -0.175. The molecule has 3 aromatic rings. The number of fused-ring (bicyclic) bond motifs is 1. The third kappa shape index (κ3) is 4.28. The van der Waals surface area contributed by atoms with E-state index in [-0.39, 0.29) is 0 Å². The second-order valence-electron chi connectivity index (χ2n) is 12.0. The maximum atomic E-state index is 14.0. The predicted molar refractivity (Wildman–Crippen MR) is 159 cm³/mol. The number of amides is 2. The van der Waals surface area contributed by atoms with Crippen molar-refractivity contribution in [2.75, 3.05) is 0 Å². The van der Waals surface area contributed by atoms with Gasteiger partial charge in [0.1, 0.15) is 23.1 Å². The number of benzene rings is 3. The van der Waals surface area contributed by atoms with Crippen LogP contribution in [0.25, 0.3) is 0 Å². The Kier molecular flexibility index (Phi) is 6.95. The quantitative estimate of drug-likeness (QED) is 0.228. The van der Waals surface area contributed by atoms with E-state index in [4.69, 9.17) is 4.74 Å². The molecule has 0 radical (unpaired) electrons. The standard InChI is InChI=1S/C32H32N4O6S/c1-31(2)26(30(39)42-25(21-16-10-6-11-17-21)22-18-12-7-13-19-22)34-27(37)24(29(34)43(31)41)35-28(38)23(20-14-8-5-9-15-20)36(33-40)32(35,3)4/h5-19,23-26,29H,1-4H3/t23?,24-,26+,29-,43?/m1/s1. The number of hydrogen-bond acceptors (Lipinski definition) is 7. The van der Waals surface area contributed by atoms with Crippen molar-refractivity contribution in [1.82, 2.24) is 14.8 Å². The molecule has 3 aromatic carbocycles. The number of hydrogen-bond donors (Lipinski definition) is 0. The van der Waals surface area contributed by atoms with Gasteiger partial charge in [0, 0.05) is 0 Å². The van der Waals surface area contributed by atoms with Crippen LogP contribution in [-0.4, -0.2) is 64.7 Å². The van der Waals surface area contributed by atoms with Crippen LogP contribution in [-0.2, 0) is 29.9 Å². The molecule has 10 nitrogen and oxygen atoms in total. The van der Waals surface area contributed by atoms with Gasteiger partial charge >= 0.3 is 5.97 Å². The molecule has 0 aliphatic carbocycles. The summed E-state index contributed by atoms with van der Waals surface area (Å²) in [6.45, 7) is 6.59. The van der Waals surface area contributed by atoms with E-state index in [1.54, 1.807) is 58.0 Å². The zero-order valence-corrected chi connectivity index (χ0v) is 25.0. The molecule has 222 valence electrons. The number of esters is 1. The van der Waals surface area contributed by atoms with Gasteiger partial charge in [-0.1, -0.05) is 91.0 Å². The van der Waals surface area contributed by atoms with E-state index in [1.165, 1.54) is 9.80 Å². The van der Waals surface area contributed by atoms with Crippen LogP contribution in [0.2, 0.25) is 0 Å². The summed E-state index contributed by atoms with van der Waals surface area (Å²) in [7, 11) is -1.76. The van der Waals surface area contributed by atoms with Crippen molar-refractivity contribution in [3.63, 3.8) is 0 Å². The summed E-state index contributed by atoms with van der Waals surface area (Å²) < 4.78 is 19.0. The molecule has 0 N–H and O–H groups in total. The fraction of sp³-hybridized carbons (Fsp3) is 0.344. The van der Waals surface area contributed by atoms with Gasteiger partial charge in [-0.3, -0.25) is 13.8 Å². The molecule has 6 rings (SSSR count). The summed E-state index contributed by atoms with van der Waals surface area (Å²) in [6.07, 6.45) is -0.747. The number of carbonyl (C=O) groups excluding carboxylic acids is 3. The minimum atomic E-state index is -1.76. The molecule has 0 spiro atoms. The van der Waals surface area contributed by atoms with Crippen molar-refractivity contribution in [2.45, 2.75) is 67.7 Å². The van der Waals surface area contributed by atoms with Gasteiger partial charge in [-0.25, -0.2) is 9.80 Å². The summed E-state index contributed by atoms with van der Waals surface area (Å²) in [6, 6.07) is 23.9. The Labute approximate surface area is 252 Å². The Morgan fingerprint density at radius 2 is 1.35 bits per heavy atom. The molecule has 0 aromatic heterocycles. The topological polar surface area (TPSA) is 117 Å². The number of carbonyl (C=O) groups is 3. The number of β-lactam (4-membered cyclic amide) rings is 1. The molecule has 11 heteroatoms. The van der Waals surface area contributed by atoms with Gasteiger partial charge in [-0.05, 0) is 44.4 Å². The van der Waals surface area contributed by atoms with E-state index in [2.05, 4.69) is 5.29 Å². The second kappa shape index (κ2) is 10.4. The first-order valence-electron chi connectivity index (χ1n) is 14.1. The number of nitrogens with zero attached hydrogens (tertiary/aromatic N) is 4. The van der Waals surface area contributed by atoms with Crippen LogP contribution >= 0.6 is 0 Å². The van der Waals surface area contributed by atoms with Crippen LogP contribution in [0.15, 0.2) is 96.3 Å². The molecule has 5 atom stereocenters. The van der Waals surface area contributed by atoms with E-state index in [0.717, 1.165) is 16.1 Å². The Morgan fingerprint density at radius 1 is 0.837 bits per heavy atom. The van der Waals surface area contributed by atoms with Crippen molar-refractivity contribution in [2.24, 2.45) is 5.29 Å². The van der Waals surface area contributed by atoms with Crippen molar-refractivity contribution < 1.29 is 23.3 Å². The first-order valence-corrected chi connectivity index (χ1v) is 15.3. The van der Waals surface area contributed by atoms with Gasteiger partial charge < -0.3 is 14.5 Å². The molecular weight excluding hydrogens is 568 g/mol. The van der Waals surface area contributed by atoms with Crippen molar-refractivity contribution in [1.29, 1.82) is 0 Å². The van der Waals surface area contributed by atoms with Gasteiger partial charge in [0.15, 0.2) is 12.1 Å². The third-order valence-electron chi connectivity index (χ3n) is 8.74. The molecule has 3 aliphatic rings. The molecule has 2 unspecified atom stereocenters. The van der Waals surface area contributed by atoms with Gasteiger partial charge in [-0.2, -0.15) is 0 Å². The highest BCUT2D eigenvalue weighted by Crippen LogP contribution is 2.51. The first kappa shape index (κ1) is 28.7. The van der Waals surface area contributed by atoms with Crippen molar-refractivity contribution >= 4 is 28.6 Å². The Hall–Kier alpha value is -4.38.